The first-order chi connectivity index (χ1) is 10.7. The molecule has 0 amide bonds. The van der Waals surface area contributed by atoms with E-state index in [4.69, 9.17) is 9.84 Å². The van der Waals surface area contributed by atoms with Crippen LogP contribution in [0.5, 0.6) is 5.75 Å². The molecule has 0 aliphatic rings. The van der Waals surface area contributed by atoms with Gasteiger partial charge in [0.15, 0.2) is 0 Å². The van der Waals surface area contributed by atoms with Gasteiger partial charge in [0.25, 0.3) is 0 Å². The Kier molecular flexibility index (Phi) is 3.74. The molecule has 110 valence electrons. The number of carboxylic acids is 1. The minimum absolute atomic E-state index is 0.0222. The van der Waals surface area contributed by atoms with Crippen LogP contribution in [0.25, 0.3) is 21.9 Å². The lowest BCUT2D eigenvalue weighted by molar-refractivity contribution is -0.136. The summed E-state index contributed by atoms with van der Waals surface area (Å²) < 4.78 is 5.22. The lowest BCUT2D eigenvalue weighted by atomic mass is 10.0. The molecule has 3 rings (SSSR count). The standard InChI is InChI=1S/C18H15NO3/c1-22-17-5-4-13-8-14(2-3-15(13)9-17)16-6-12(7-18(20)21)10-19-11-16/h2-6,8-11H,7H2,1H3,(H,20,21). The smallest absolute Gasteiger partial charge is 0.307 e. The highest BCUT2D eigenvalue weighted by Crippen LogP contribution is 2.27. The molecule has 0 unspecified atom stereocenters. The second-order valence-corrected chi connectivity index (χ2v) is 5.08. The Balaban J connectivity index is 2.01. The number of carbonyl (C=O) groups is 1. The largest absolute Gasteiger partial charge is 0.497 e. The van der Waals surface area contributed by atoms with Crippen LogP contribution < -0.4 is 4.74 Å². The minimum atomic E-state index is -0.857. The lowest BCUT2D eigenvalue weighted by Gasteiger charge is -2.07. The molecule has 0 aliphatic heterocycles. The van der Waals surface area contributed by atoms with E-state index in [0.29, 0.717) is 5.56 Å². The third-order valence-corrected chi connectivity index (χ3v) is 3.53. The second-order valence-electron chi connectivity index (χ2n) is 5.08. The molecule has 0 saturated carbocycles. The summed E-state index contributed by atoms with van der Waals surface area (Å²) in [5.74, 6) is -0.0325. The summed E-state index contributed by atoms with van der Waals surface area (Å²) in [6, 6.07) is 13.9. The van der Waals surface area contributed by atoms with Crippen molar-refractivity contribution in [1.82, 2.24) is 4.98 Å². The quantitative estimate of drug-likeness (QED) is 0.799. The first-order valence-electron chi connectivity index (χ1n) is 6.89. The lowest BCUT2D eigenvalue weighted by Crippen LogP contribution is -2.00. The van der Waals surface area contributed by atoms with Crippen LogP contribution >= 0.6 is 0 Å². The fraction of sp³-hybridized carbons (Fsp3) is 0.111. The number of fused-ring (bicyclic) bond motifs is 1. The van der Waals surface area contributed by atoms with Crippen LogP contribution in [0.4, 0.5) is 0 Å². The highest BCUT2D eigenvalue weighted by atomic mass is 16.5. The molecule has 0 aliphatic carbocycles. The number of benzene rings is 2. The Labute approximate surface area is 128 Å². The zero-order valence-electron chi connectivity index (χ0n) is 12.1. The zero-order valence-corrected chi connectivity index (χ0v) is 12.1. The van der Waals surface area contributed by atoms with Crippen LogP contribution in [-0.4, -0.2) is 23.2 Å². The summed E-state index contributed by atoms with van der Waals surface area (Å²) >= 11 is 0. The molecule has 0 fully saturated rings. The van der Waals surface area contributed by atoms with Gasteiger partial charge in [-0.2, -0.15) is 0 Å². The molecule has 1 N–H and O–H groups in total. The molecule has 4 nitrogen and oxygen atoms in total. The predicted octanol–water partition coefficient (Wildman–Crippen LogP) is 3.54. The van der Waals surface area contributed by atoms with Gasteiger partial charge in [-0.3, -0.25) is 9.78 Å². The van der Waals surface area contributed by atoms with Crippen LogP contribution in [0, 0.1) is 0 Å². The van der Waals surface area contributed by atoms with Crippen molar-refractivity contribution in [1.29, 1.82) is 0 Å². The number of carboxylic acid groups (broad SMARTS) is 1. The number of nitrogens with zero attached hydrogens (tertiary/aromatic N) is 1. The van der Waals surface area contributed by atoms with Gasteiger partial charge in [-0.1, -0.05) is 18.2 Å². The van der Waals surface area contributed by atoms with Crippen molar-refractivity contribution in [2.45, 2.75) is 6.42 Å². The van der Waals surface area contributed by atoms with Crippen molar-refractivity contribution < 1.29 is 14.6 Å². The van der Waals surface area contributed by atoms with Gasteiger partial charge in [0.05, 0.1) is 13.5 Å². The first kappa shape index (κ1) is 14.1. The average Bonchev–Trinajstić information content (AvgIpc) is 2.53. The number of aliphatic carboxylic acids is 1. The highest BCUT2D eigenvalue weighted by Gasteiger charge is 2.05. The molecular weight excluding hydrogens is 278 g/mol. The summed E-state index contributed by atoms with van der Waals surface area (Å²) in [7, 11) is 1.65. The monoisotopic (exact) mass is 293 g/mol. The van der Waals surface area contributed by atoms with Crippen molar-refractivity contribution >= 4 is 16.7 Å². The molecule has 0 saturated heterocycles. The number of hydrogen-bond donors (Lipinski definition) is 1. The van der Waals surface area contributed by atoms with E-state index in [2.05, 4.69) is 11.1 Å². The fourth-order valence-electron chi connectivity index (χ4n) is 2.45. The predicted molar refractivity (Wildman–Crippen MR) is 85.1 cm³/mol. The number of aromatic nitrogens is 1. The van der Waals surface area contributed by atoms with Crippen LogP contribution in [0.2, 0.25) is 0 Å². The van der Waals surface area contributed by atoms with Gasteiger partial charge in [-0.15, -0.1) is 0 Å². The summed E-state index contributed by atoms with van der Waals surface area (Å²) in [5, 5.41) is 11.1. The Morgan fingerprint density at radius 3 is 2.59 bits per heavy atom. The minimum Gasteiger partial charge on any atom is -0.497 e. The fourth-order valence-corrected chi connectivity index (χ4v) is 2.45. The third kappa shape index (κ3) is 2.91. The molecule has 0 atom stereocenters. The SMILES string of the molecule is COc1ccc2cc(-c3cncc(CC(=O)O)c3)ccc2c1. The molecule has 0 spiro atoms. The molecule has 1 heterocycles. The molecule has 4 heteroatoms. The Morgan fingerprint density at radius 2 is 1.82 bits per heavy atom. The van der Waals surface area contributed by atoms with Gasteiger partial charge in [0.2, 0.25) is 0 Å². The summed E-state index contributed by atoms with van der Waals surface area (Å²) in [4.78, 5) is 15.0. The van der Waals surface area contributed by atoms with E-state index in [-0.39, 0.29) is 6.42 Å². The topological polar surface area (TPSA) is 59.4 Å². The van der Waals surface area contributed by atoms with E-state index in [9.17, 15) is 4.79 Å². The van der Waals surface area contributed by atoms with E-state index in [0.717, 1.165) is 27.6 Å². The maximum absolute atomic E-state index is 10.8. The first-order valence-corrected chi connectivity index (χ1v) is 6.89. The Morgan fingerprint density at radius 1 is 1.05 bits per heavy atom. The van der Waals surface area contributed by atoms with Crippen LogP contribution in [0.15, 0.2) is 54.9 Å². The van der Waals surface area contributed by atoms with Crippen LogP contribution in [0.1, 0.15) is 5.56 Å². The number of rotatable bonds is 4. The van der Waals surface area contributed by atoms with Gasteiger partial charge in [0.1, 0.15) is 5.75 Å². The van der Waals surface area contributed by atoms with E-state index in [1.807, 2.05) is 36.4 Å². The van der Waals surface area contributed by atoms with E-state index in [1.54, 1.807) is 19.5 Å². The van der Waals surface area contributed by atoms with Crippen LogP contribution in [-0.2, 0) is 11.2 Å². The number of hydrogen-bond acceptors (Lipinski definition) is 3. The van der Waals surface area contributed by atoms with Gasteiger partial charge >= 0.3 is 5.97 Å². The maximum atomic E-state index is 10.8. The summed E-state index contributed by atoms with van der Waals surface area (Å²) in [6.45, 7) is 0. The molecule has 0 radical (unpaired) electrons. The number of methoxy groups -OCH3 is 1. The molecule has 2 aromatic carbocycles. The average molecular weight is 293 g/mol. The molecule has 22 heavy (non-hydrogen) atoms. The van der Waals surface area contributed by atoms with Crippen LogP contribution in [0.3, 0.4) is 0 Å². The van der Waals surface area contributed by atoms with Crippen molar-refractivity contribution in [2.75, 3.05) is 7.11 Å². The maximum Gasteiger partial charge on any atom is 0.307 e. The van der Waals surface area contributed by atoms with E-state index < -0.39 is 5.97 Å². The Bertz CT molecular complexity index is 843. The van der Waals surface area contributed by atoms with Crippen molar-refractivity contribution in [3.63, 3.8) is 0 Å². The van der Waals surface area contributed by atoms with Gasteiger partial charge in [0, 0.05) is 18.0 Å². The second kappa shape index (κ2) is 5.85. The summed E-state index contributed by atoms with van der Waals surface area (Å²) in [6.07, 6.45) is 3.31. The molecule has 3 aromatic rings. The van der Waals surface area contributed by atoms with Gasteiger partial charge in [-0.25, -0.2) is 0 Å². The third-order valence-electron chi connectivity index (χ3n) is 3.53. The van der Waals surface area contributed by atoms with E-state index >= 15 is 0 Å². The van der Waals surface area contributed by atoms with Crippen molar-refractivity contribution in [2.24, 2.45) is 0 Å². The normalized spacial score (nSPS) is 10.6. The van der Waals surface area contributed by atoms with E-state index in [1.165, 1.54) is 0 Å². The van der Waals surface area contributed by atoms with Gasteiger partial charge in [-0.05, 0) is 46.2 Å². The van der Waals surface area contributed by atoms with Crippen molar-refractivity contribution in [3.8, 4) is 16.9 Å². The Hall–Kier alpha value is -2.88. The summed E-state index contributed by atoms with van der Waals surface area (Å²) in [5.41, 5.74) is 2.62. The molecular formula is C18H15NO3. The number of ether oxygens (including phenoxy) is 1. The molecule has 0 bridgehead atoms. The zero-order chi connectivity index (χ0) is 15.5. The van der Waals surface area contributed by atoms with Gasteiger partial charge < -0.3 is 9.84 Å². The van der Waals surface area contributed by atoms with Crippen molar-refractivity contribution in [3.05, 3.63) is 60.4 Å². The number of pyridine rings is 1. The molecule has 1 aromatic heterocycles. The highest BCUT2D eigenvalue weighted by molar-refractivity contribution is 5.88.